The first kappa shape index (κ1) is 12.8. The second kappa shape index (κ2) is 5.18. The van der Waals surface area contributed by atoms with Crippen molar-refractivity contribution in [1.82, 2.24) is 9.80 Å². The van der Waals surface area contributed by atoms with Crippen molar-refractivity contribution in [1.29, 1.82) is 0 Å². The van der Waals surface area contributed by atoms with E-state index in [1.165, 1.54) is 0 Å². The molecule has 1 N–H and O–H groups in total. The van der Waals surface area contributed by atoms with E-state index in [-0.39, 0.29) is 18.0 Å². The van der Waals surface area contributed by atoms with Gasteiger partial charge >= 0.3 is 12.0 Å². The number of amides is 2. The molecule has 0 aromatic rings. The van der Waals surface area contributed by atoms with E-state index in [0.717, 1.165) is 0 Å². The molecule has 1 fully saturated rings. The molecular formula is C11H20N2O3. The van der Waals surface area contributed by atoms with Gasteiger partial charge in [-0.3, -0.25) is 4.79 Å². The molecule has 92 valence electrons. The first-order valence-electron chi connectivity index (χ1n) is 5.68. The number of carboxylic acids is 1. The highest BCUT2D eigenvalue weighted by Gasteiger charge is 2.28. The van der Waals surface area contributed by atoms with Crippen LogP contribution in [0.15, 0.2) is 0 Å². The zero-order chi connectivity index (χ0) is 12.3. The molecule has 0 aliphatic carbocycles. The van der Waals surface area contributed by atoms with Crippen LogP contribution in [-0.4, -0.2) is 53.1 Å². The predicted molar refractivity (Wildman–Crippen MR) is 60.2 cm³/mol. The summed E-state index contributed by atoms with van der Waals surface area (Å²) in [5.74, 6) is -1.03. The van der Waals surface area contributed by atoms with Gasteiger partial charge in [0.05, 0.1) is 5.92 Å². The second-order valence-corrected chi connectivity index (χ2v) is 4.59. The minimum Gasteiger partial charge on any atom is -0.481 e. The number of hydrogen-bond acceptors (Lipinski definition) is 2. The molecule has 0 aromatic carbocycles. The maximum absolute atomic E-state index is 11.9. The molecule has 0 spiro atoms. The van der Waals surface area contributed by atoms with Crippen LogP contribution >= 0.6 is 0 Å². The summed E-state index contributed by atoms with van der Waals surface area (Å²) in [6, 6.07) is 0.170. The predicted octanol–water partition coefficient (Wildman–Crippen LogP) is 1.24. The van der Waals surface area contributed by atoms with Crippen LogP contribution in [0.5, 0.6) is 0 Å². The highest BCUT2D eigenvalue weighted by atomic mass is 16.4. The van der Waals surface area contributed by atoms with Crippen molar-refractivity contribution in [3.05, 3.63) is 0 Å². The average molecular weight is 228 g/mol. The van der Waals surface area contributed by atoms with Gasteiger partial charge in [-0.25, -0.2) is 4.79 Å². The fourth-order valence-corrected chi connectivity index (χ4v) is 1.76. The monoisotopic (exact) mass is 228 g/mol. The van der Waals surface area contributed by atoms with Gasteiger partial charge in [-0.15, -0.1) is 0 Å². The second-order valence-electron chi connectivity index (χ2n) is 4.59. The first-order chi connectivity index (χ1) is 7.43. The van der Waals surface area contributed by atoms with Crippen molar-refractivity contribution in [2.45, 2.75) is 32.7 Å². The minimum atomic E-state index is -0.746. The number of carbonyl (C=O) groups excluding carboxylic acids is 1. The number of rotatable bonds is 2. The van der Waals surface area contributed by atoms with Gasteiger partial charge in [-0.1, -0.05) is 0 Å². The fraction of sp³-hybridized carbons (Fsp3) is 0.818. The number of likely N-dealkylation sites (tertiary alicyclic amines) is 1. The van der Waals surface area contributed by atoms with Crippen LogP contribution in [0.3, 0.4) is 0 Å². The molecule has 0 bridgehead atoms. The van der Waals surface area contributed by atoms with Crippen molar-refractivity contribution in [3.63, 3.8) is 0 Å². The molecule has 0 unspecified atom stereocenters. The molecule has 0 atom stereocenters. The van der Waals surface area contributed by atoms with Crippen molar-refractivity contribution in [3.8, 4) is 0 Å². The van der Waals surface area contributed by atoms with E-state index >= 15 is 0 Å². The number of piperidine rings is 1. The molecule has 1 aliphatic heterocycles. The maximum atomic E-state index is 11.9. The van der Waals surface area contributed by atoms with E-state index in [0.29, 0.717) is 25.9 Å². The quantitative estimate of drug-likeness (QED) is 0.773. The van der Waals surface area contributed by atoms with Crippen LogP contribution in [0.2, 0.25) is 0 Å². The van der Waals surface area contributed by atoms with Crippen molar-refractivity contribution >= 4 is 12.0 Å². The van der Waals surface area contributed by atoms with Gasteiger partial charge in [-0.05, 0) is 26.7 Å². The Balaban J connectivity index is 2.47. The zero-order valence-corrected chi connectivity index (χ0v) is 10.1. The van der Waals surface area contributed by atoms with Gasteiger partial charge in [-0.2, -0.15) is 0 Å². The Morgan fingerprint density at radius 2 is 1.81 bits per heavy atom. The Kier molecular flexibility index (Phi) is 4.15. The van der Waals surface area contributed by atoms with E-state index in [9.17, 15) is 9.59 Å². The molecule has 1 saturated heterocycles. The summed E-state index contributed by atoms with van der Waals surface area (Å²) in [6.45, 7) is 5.02. The number of urea groups is 1. The van der Waals surface area contributed by atoms with Crippen LogP contribution in [0.4, 0.5) is 4.79 Å². The average Bonchev–Trinajstić information content (AvgIpc) is 2.27. The van der Waals surface area contributed by atoms with E-state index in [1.54, 1.807) is 16.8 Å². The molecule has 1 rings (SSSR count). The lowest BCUT2D eigenvalue weighted by Crippen LogP contribution is -2.48. The van der Waals surface area contributed by atoms with E-state index < -0.39 is 5.97 Å². The largest absolute Gasteiger partial charge is 0.481 e. The van der Waals surface area contributed by atoms with Gasteiger partial charge in [0.25, 0.3) is 0 Å². The molecular weight excluding hydrogens is 208 g/mol. The number of aliphatic carboxylic acids is 1. The van der Waals surface area contributed by atoms with Crippen molar-refractivity contribution < 1.29 is 14.7 Å². The SMILES string of the molecule is CC(C)N(C)C(=O)N1CCC(C(=O)O)CC1. The molecule has 1 heterocycles. The highest BCUT2D eigenvalue weighted by Crippen LogP contribution is 2.18. The lowest BCUT2D eigenvalue weighted by Gasteiger charge is -2.34. The van der Waals surface area contributed by atoms with Gasteiger partial charge in [0.2, 0.25) is 0 Å². The molecule has 0 aromatic heterocycles. The van der Waals surface area contributed by atoms with Crippen LogP contribution in [0.25, 0.3) is 0 Å². The van der Waals surface area contributed by atoms with Gasteiger partial charge in [0, 0.05) is 26.2 Å². The Morgan fingerprint density at radius 3 is 2.19 bits per heavy atom. The topological polar surface area (TPSA) is 60.9 Å². The normalized spacial score (nSPS) is 17.6. The maximum Gasteiger partial charge on any atom is 0.319 e. The third kappa shape index (κ3) is 2.87. The number of nitrogens with zero attached hydrogens (tertiary/aromatic N) is 2. The Hall–Kier alpha value is -1.26. The van der Waals surface area contributed by atoms with Gasteiger partial charge in [0.15, 0.2) is 0 Å². The van der Waals surface area contributed by atoms with E-state index in [4.69, 9.17) is 5.11 Å². The minimum absolute atomic E-state index is 0.00108. The number of hydrogen-bond donors (Lipinski definition) is 1. The summed E-state index contributed by atoms with van der Waals surface area (Å²) in [5, 5.41) is 8.85. The lowest BCUT2D eigenvalue weighted by atomic mass is 9.97. The summed E-state index contributed by atoms with van der Waals surface area (Å²) in [5.41, 5.74) is 0. The van der Waals surface area contributed by atoms with Crippen LogP contribution in [0, 0.1) is 5.92 Å². The Labute approximate surface area is 96.0 Å². The zero-order valence-electron chi connectivity index (χ0n) is 10.1. The van der Waals surface area contributed by atoms with Crippen LogP contribution in [-0.2, 0) is 4.79 Å². The summed E-state index contributed by atoms with van der Waals surface area (Å²) in [6.07, 6.45) is 1.13. The molecule has 5 heteroatoms. The van der Waals surface area contributed by atoms with Crippen LogP contribution in [0.1, 0.15) is 26.7 Å². The van der Waals surface area contributed by atoms with E-state index in [1.807, 2.05) is 13.8 Å². The van der Waals surface area contributed by atoms with E-state index in [2.05, 4.69) is 0 Å². The van der Waals surface area contributed by atoms with Gasteiger partial charge in [0.1, 0.15) is 0 Å². The highest BCUT2D eigenvalue weighted by molar-refractivity contribution is 5.75. The summed E-state index contributed by atoms with van der Waals surface area (Å²) in [4.78, 5) is 26.1. The number of carboxylic acid groups (broad SMARTS) is 1. The Morgan fingerprint density at radius 1 is 1.31 bits per heavy atom. The molecule has 16 heavy (non-hydrogen) atoms. The summed E-state index contributed by atoms with van der Waals surface area (Å²) in [7, 11) is 1.77. The molecule has 0 radical (unpaired) electrons. The number of carbonyl (C=O) groups is 2. The lowest BCUT2D eigenvalue weighted by molar-refractivity contribution is -0.143. The molecule has 5 nitrogen and oxygen atoms in total. The van der Waals surface area contributed by atoms with Crippen molar-refractivity contribution in [2.24, 2.45) is 5.92 Å². The molecule has 1 aliphatic rings. The third-order valence-electron chi connectivity index (χ3n) is 3.19. The molecule has 2 amide bonds. The van der Waals surface area contributed by atoms with Gasteiger partial charge < -0.3 is 14.9 Å². The third-order valence-corrected chi connectivity index (χ3v) is 3.19. The Bertz CT molecular complexity index is 270. The summed E-state index contributed by atoms with van der Waals surface area (Å²) < 4.78 is 0. The fourth-order valence-electron chi connectivity index (χ4n) is 1.76. The molecule has 0 saturated carbocycles. The standard InChI is InChI=1S/C11H20N2O3/c1-8(2)12(3)11(16)13-6-4-9(5-7-13)10(14)15/h8-9H,4-7H2,1-3H3,(H,14,15). The summed E-state index contributed by atoms with van der Waals surface area (Å²) >= 11 is 0. The first-order valence-corrected chi connectivity index (χ1v) is 5.68. The van der Waals surface area contributed by atoms with Crippen molar-refractivity contribution in [2.75, 3.05) is 20.1 Å². The van der Waals surface area contributed by atoms with Crippen LogP contribution < -0.4 is 0 Å². The smallest absolute Gasteiger partial charge is 0.319 e.